The summed E-state index contributed by atoms with van der Waals surface area (Å²) in [5.41, 5.74) is 1.58. The summed E-state index contributed by atoms with van der Waals surface area (Å²) in [5, 5.41) is 2.14. The molecule has 0 unspecified atom stereocenters. The molecule has 0 heterocycles. The Morgan fingerprint density at radius 1 is 1.00 bits per heavy atom. The Hall–Kier alpha value is -2.68. The van der Waals surface area contributed by atoms with Gasteiger partial charge in [-0.1, -0.05) is 48.5 Å². The monoisotopic (exact) mass is 307 g/mol. The van der Waals surface area contributed by atoms with Crippen molar-refractivity contribution >= 4 is 22.4 Å². The Kier molecular flexibility index (Phi) is 4.38. The van der Waals surface area contributed by atoms with Crippen LogP contribution in [0.3, 0.4) is 0 Å². The SMILES string of the molecule is CCN(C(=O)Cc1cccc(F)c1)c1cccc2ccccc12. The van der Waals surface area contributed by atoms with Crippen LogP contribution in [0.1, 0.15) is 12.5 Å². The van der Waals surface area contributed by atoms with E-state index >= 15 is 0 Å². The highest BCUT2D eigenvalue weighted by molar-refractivity contribution is 6.04. The van der Waals surface area contributed by atoms with E-state index < -0.39 is 0 Å². The minimum Gasteiger partial charge on any atom is -0.312 e. The van der Waals surface area contributed by atoms with Gasteiger partial charge >= 0.3 is 0 Å². The first-order chi connectivity index (χ1) is 11.2. The summed E-state index contributed by atoms with van der Waals surface area (Å²) >= 11 is 0. The second-order valence-corrected chi connectivity index (χ2v) is 5.44. The molecule has 0 aromatic heterocycles. The van der Waals surface area contributed by atoms with Crippen LogP contribution in [0.25, 0.3) is 10.8 Å². The van der Waals surface area contributed by atoms with Crippen LogP contribution in [0.2, 0.25) is 0 Å². The van der Waals surface area contributed by atoms with Gasteiger partial charge in [0, 0.05) is 11.9 Å². The third kappa shape index (κ3) is 3.24. The molecule has 0 aliphatic rings. The molecule has 3 aromatic carbocycles. The molecule has 3 heteroatoms. The Morgan fingerprint density at radius 2 is 1.74 bits per heavy atom. The zero-order chi connectivity index (χ0) is 16.2. The molecular formula is C20H18FNO. The Morgan fingerprint density at radius 3 is 2.52 bits per heavy atom. The summed E-state index contributed by atoms with van der Waals surface area (Å²) in [5.74, 6) is -0.349. The highest BCUT2D eigenvalue weighted by Gasteiger charge is 2.16. The van der Waals surface area contributed by atoms with Gasteiger partial charge in [0.25, 0.3) is 0 Å². The number of carbonyl (C=O) groups is 1. The molecule has 116 valence electrons. The third-order valence-electron chi connectivity index (χ3n) is 3.92. The molecule has 0 aliphatic heterocycles. The van der Waals surface area contributed by atoms with Gasteiger partial charge in [0.05, 0.1) is 12.1 Å². The molecule has 0 saturated heterocycles. The zero-order valence-electron chi connectivity index (χ0n) is 13.0. The molecule has 0 bridgehead atoms. The predicted octanol–water partition coefficient (Wildman–Crippen LogP) is 4.57. The van der Waals surface area contributed by atoms with E-state index in [9.17, 15) is 9.18 Å². The molecule has 0 aliphatic carbocycles. The van der Waals surface area contributed by atoms with E-state index in [0.717, 1.165) is 16.5 Å². The molecular weight excluding hydrogens is 289 g/mol. The van der Waals surface area contributed by atoms with Crippen molar-refractivity contribution in [3.05, 3.63) is 78.1 Å². The molecule has 2 nitrogen and oxygen atoms in total. The summed E-state index contributed by atoms with van der Waals surface area (Å²) in [6.45, 7) is 2.52. The number of likely N-dealkylation sites (N-methyl/N-ethyl adjacent to an activating group) is 1. The zero-order valence-corrected chi connectivity index (χ0v) is 13.0. The van der Waals surface area contributed by atoms with Crippen molar-refractivity contribution in [2.75, 3.05) is 11.4 Å². The summed E-state index contributed by atoms with van der Waals surface area (Å²) in [4.78, 5) is 14.5. The Balaban J connectivity index is 1.93. The number of fused-ring (bicyclic) bond motifs is 1. The molecule has 3 rings (SSSR count). The van der Waals surface area contributed by atoms with Gasteiger partial charge in [-0.3, -0.25) is 4.79 Å². The first kappa shape index (κ1) is 15.2. The number of benzene rings is 3. The largest absolute Gasteiger partial charge is 0.312 e. The van der Waals surface area contributed by atoms with E-state index in [4.69, 9.17) is 0 Å². The van der Waals surface area contributed by atoms with Gasteiger partial charge in [-0.15, -0.1) is 0 Å². The lowest BCUT2D eigenvalue weighted by Crippen LogP contribution is -2.32. The van der Waals surface area contributed by atoms with Crippen LogP contribution < -0.4 is 4.90 Å². The van der Waals surface area contributed by atoms with Crippen molar-refractivity contribution in [3.63, 3.8) is 0 Å². The molecule has 0 spiro atoms. The second-order valence-electron chi connectivity index (χ2n) is 5.44. The van der Waals surface area contributed by atoms with Crippen molar-refractivity contribution in [1.29, 1.82) is 0 Å². The van der Waals surface area contributed by atoms with Gasteiger partial charge in [-0.25, -0.2) is 4.39 Å². The lowest BCUT2D eigenvalue weighted by molar-refractivity contribution is -0.117. The number of amides is 1. The number of anilines is 1. The van der Waals surface area contributed by atoms with E-state index in [1.54, 1.807) is 17.0 Å². The fourth-order valence-corrected chi connectivity index (χ4v) is 2.84. The van der Waals surface area contributed by atoms with E-state index in [1.807, 2.05) is 49.4 Å². The maximum Gasteiger partial charge on any atom is 0.231 e. The quantitative estimate of drug-likeness (QED) is 0.691. The van der Waals surface area contributed by atoms with Gasteiger partial charge in [-0.05, 0) is 36.1 Å². The predicted molar refractivity (Wildman–Crippen MR) is 92.1 cm³/mol. The lowest BCUT2D eigenvalue weighted by atomic mass is 10.1. The highest BCUT2D eigenvalue weighted by atomic mass is 19.1. The van der Waals surface area contributed by atoms with Gasteiger partial charge in [0.2, 0.25) is 5.91 Å². The normalized spacial score (nSPS) is 10.7. The molecule has 1 amide bonds. The molecule has 23 heavy (non-hydrogen) atoms. The van der Waals surface area contributed by atoms with E-state index in [2.05, 4.69) is 0 Å². The Labute approximate surface area is 135 Å². The average Bonchev–Trinajstić information content (AvgIpc) is 2.56. The van der Waals surface area contributed by atoms with Crippen molar-refractivity contribution < 1.29 is 9.18 Å². The highest BCUT2D eigenvalue weighted by Crippen LogP contribution is 2.27. The van der Waals surface area contributed by atoms with Crippen LogP contribution in [0.5, 0.6) is 0 Å². The van der Waals surface area contributed by atoms with Crippen LogP contribution in [-0.4, -0.2) is 12.5 Å². The maximum atomic E-state index is 13.3. The maximum absolute atomic E-state index is 13.3. The van der Waals surface area contributed by atoms with E-state index in [0.29, 0.717) is 12.1 Å². The average molecular weight is 307 g/mol. The molecule has 0 fully saturated rings. The fourth-order valence-electron chi connectivity index (χ4n) is 2.84. The topological polar surface area (TPSA) is 20.3 Å². The number of rotatable bonds is 4. The molecule has 0 radical (unpaired) electrons. The minimum absolute atomic E-state index is 0.0329. The van der Waals surface area contributed by atoms with Crippen LogP contribution in [0.15, 0.2) is 66.7 Å². The smallest absolute Gasteiger partial charge is 0.231 e. The van der Waals surface area contributed by atoms with Crippen molar-refractivity contribution in [2.24, 2.45) is 0 Å². The first-order valence-corrected chi connectivity index (χ1v) is 7.71. The van der Waals surface area contributed by atoms with Crippen LogP contribution in [0.4, 0.5) is 10.1 Å². The van der Waals surface area contributed by atoms with Gasteiger partial charge in [0.15, 0.2) is 0 Å². The second kappa shape index (κ2) is 6.61. The van der Waals surface area contributed by atoms with Crippen LogP contribution in [-0.2, 0) is 11.2 Å². The summed E-state index contributed by atoms with van der Waals surface area (Å²) in [6.07, 6.45) is 0.189. The Bertz CT molecular complexity index is 838. The molecule has 3 aromatic rings. The van der Waals surface area contributed by atoms with Crippen LogP contribution in [0, 0.1) is 5.82 Å². The van der Waals surface area contributed by atoms with Gasteiger partial charge in [0.1, 0.15) is 5.82 Å². The van der Waals surface area contributed by atoms with Gasteiger partial charge < -0.3 is 4.90 Å². The molecule has 0 N–H and O–H groups in total. The number of nitrogens with zero attached hydrogens (tertiary/aromatic N) is 1. The van der Waals surface area contributed by atoms with Gasteiger partial charge in [-0.2, -0.15) is 0 Å². The van der Waals surface area contributed by atoms with Crippen molar-refractivity contribution in [1.82, 2.24) is 0 Å². The minimum atomic E-state index is -0.316. The molecule has 0 saturated carbocycles. The molecule has 0 atom stereocenters. The number of hydrogen-bond donors (Lipinski definition) is 0. The number of hydrogen-bond acceptors (Lipinski definition) is 1. The third-order valence-corrected chi connectivity index (χ3v) is 3.92. The van der Waals surface area contributed by atoms with Crippen molar-refractivity contribution in [3.8, 4) is 0 Å². The summed E-state index contributed by atoms with van der Waals surface area (Å²) in [6, 6.07) is 20.1. The number of carbonyl (C=O) groups excluding carboxylic acids is 1. The summed E-state index contributed by atoms with van der Waals surface area (Å²) in [7, 11) is 0. The fraction of sp³-hybridized carbons (Fsp3) is 0.150. The first-order valence-electron chi connectivity index (χ1n) is 7.71. The summed E-state index contributed by atoms with van der Waals surface area (Å²) < 4.78 is 13.3. The van der Waals surface area contributed by atoms with Crippen molar-refractivity contribution in [2.45, 2.75) is 13.3 Å². The van der Waals surface area contributed by atoms with E-state index in [-0.39, 0.29) is 18.1 Å². The van der Waals surface area contributed by atoms with E-state index in [1.165, 1.54) is 12.1 Å². The lowest BCUT2D eigenvalue weighted by Gasteiger charge is -2.23. The van der Waals surface area contributed by atoms with Crippen LogP contribution >= 0.6 is 0 Å². The number of halogens is 1. The standard InChI is InChI=1S/C20H18FNO/c1-2-22(20(23)14-15-7-5-10-17(21)13-15)19-12-6-9-16-8-3-4-11-18(16)19/h3-13H,2,14H2,1H3.